The van der Waals surface area contributed by atoms with Gasteiger partial charge in [0, 0.05) is 0 Å². The molecule has 0 saturated carbocycles. The third kappa shape index (κ3) is 1.33. The Morgan fingerprint density at radius 3 is 3.07 bits per heavy atom. The molecule has 1 aromatic carbocycles. The van der Waals surface area contributed by atoms with Gasteiger partial charge < -0.3 is 15.8 Å². The monoisotopic (exact) mass is 191 g/mol. The van der Waals surface area contributed by atoms with Crippen LogP contribution < -0.4 is 5.73 Å². The van der Waals surface area contributed by atoms with Crippen LogP contribution >= 0.6 is 0 Å². The summed E-state index contributed by atoms with van der Waals surface area (Å²) in [6.07, 6.45) is 0.285. The average Bonchev–Trinajstić information content (AvgIpc) is 2.62. The Kier molecular flexibility index (Phi) is 1.94. The highest BCUT2D eigenvalue weighted by Gasteiger charge is 2.13. The van der Waals surface area contributed by atoms with Crippen molar-refractivity contribution in [3.63, 3.8) is 0 Å². The average molecular weight is 191 g/mol. The number of fused-ring (bicyclic) bond motifs is 1. The van der Waals surface area contributed by atoms with Gasteiger partial charge >= 0.3 is 0 Å². The van der Waals surface area contributed by atoms with Gasteiger partial charge in [-0.1, -0.05) is 6.07 Å². The fourth-order valence-corrected chi connectivity index (χ4v) is 1.29. The van der Waals surface area contributed by atoms with Gasteiger partial charge in [0.05, 0.1) is 17.4 Å². The van der Waals surface area contributed by atoms with Crippen molar-refractivity contribution < 1.29 is 9.90 Å². The van der Waals surface area contributed by atoms with Crippen LogP contribution in [0.15, 0.2) is 24.5 Å². The van der Waals surface area contributed by atoms with Gasteiger partial charge in [0.15, 0.2) is 6.10 Å². The van der Waals surface area contributed by atoms with Crippen molar-refractivity contribution in [2.75, 3.05) is 0 Å². The first kappa shape index (κ1) is 8.71. The Morgan fingerprint density at radius 2 is 2.36 bits per heavy atom. The number of H-pyrrole nitrogens is 1. The number of carbonyl (C=O) groups excluding carboxylic acids is 1. The van der Waals surface area contributed by atoms with Gasteiger partial charge in [0.1, 0.15) is 0 Å². The molecule has 0 aliphatic carbocycles. The maximum Gasteiger partial charge on any atom is 0.250 e. The number of aliphatic hydroxyl groups excluding tert-OH is 1. The number of amides is 1. The molecule has 5 heteroatoms. The lowest BCUT2D eigenvalue weighted by molar-refractivity contribution is -0.126. The number of aliphatic hydroxyl groups is 1. The van der Waals surface area contributed by atoms with Crippen LogP contribution in [-0.2, 0) is 4.79 Å². The molecule has 1 aromatic heterocycles. The molecule has 1 heterocycles. The molecule has 0 bridgehead atoms. The number of rotatable bonds is 2. The molecule has 14 heavy (non-hydrogen) atoms. The Balaban J connectivity index is 2.48. The van der Waals surface area contributed by atoms with Crippen LogP contribution in [0.4, 0.5) is 0 Å². The number of hydrogen-bond donors (Lipinski definition) is 3. The zero-order valence-electron chi connectivity index (χ0n) is 7.27. The third-order valence-corrected chi connectivity index (χ3v) is 2.03. The second-order valence-corrected chi connectivity index (χ2v) is 2.98. The van der Waals surface area contributed by atoms with E-state index in [0.29, 0.717) is 5.56 Å². The molecule has 4 N–H and O–H groups in total. The predicted molar refractivity (Wildman–Crippen MR) is 50.2 cm³/mol. The van der Waals surface area contributed by atoms with E-state index < -0.39 is 12.0 Å². The van der Waals surface area contributed by atoms with Crippen LogP contribution in [-0.4, -0.2) is 21.0 Å². The molecule has 1 unspecified atom stereocenters. The summed E-state index contributed by atoms with van der Waals surface area (Å²) in [5, 5.41) is 9.39. The minimum atomic E-state index is -1.26. The zero-order valence-corrected chi connectivity index (χ0v) is 7.27. The minimum Gasteiger partial charge on any atom is -0.378 e. The number of nitrogens with zero attached hydrogens (tertiary/aromatic N) is 1. The molecule has 0 aliphatic rings. The number of nitrogens with two attached hydrogens (primary N) is 1. The van der Waals surface area contributed by atoms with Crippen molar-refractivity contribution >= 4 is 16.9 Å². The summed E-state index contributed by atoms with van der Waals surface area (Å²) in [5.74, 6) is -0.760. The fourth-order valence-electron chi connectivity index (χ4n) is 1.29. The number of nitrogens with one attached hydrogen (secondary N) is 1. The van der Waals surface area contributed by atoms with Gasteiger partial charge in [-0.3, -0.25) is 4.79 Å². The molecule has 72 valence electrons. The van der Waals surface area contributed by atoms with Crippen molar-refractivity contribution in [2.24, 2.45) is 5.73 Å². The first-order valence-corrected chi connectivity index (χ1v) is 4.09. The lowest BCUT2D eigenvalue weighted by Crippen LogP contribution is -2.20. The normalized spacial score (nSPS) is 12.9. The molecule has 0 radical (unpaired) electrons. The van der Waals surface area contributed by atoms with Crippen molar-refractivity contribution in [1.29, 1.82) is 0 Å². The minimum absolute atomic E-state index is 0.467. The number of primary amides is 1. The van der Waals surface area contributed by atoms with E-state index in [9.17, 15) is 9.90 Å². The van der Waals surface area contributed by atoms with E-state index in [0.717, 1.165) is 11.0 Å². The van der Waals surface area contributed by atoms with Gasteiger partial charge in [-0.2, -0.15) is 0 Å². The van der Waals surface area contributed by atoms with Crippen molar-refractivity contribution in [2.45, 2.75) is 6.10 Å². The molecular formula is C9H9N3O2. The quantitative estimate of drug-likeness (QED) is 0.627. The third-order valence-electron chi connectivity index (χ3n) is 2.03. The fraction of sp³-hybridized carbons (Fsp3) is 0.111. The molecule has 2 rings (SSSR count). The zero-order chi connectivity index (χ0) is 10.1. The summed E-state index contributed by atoms with van der Waals surface area (Å²) in [6.45, 7) is 0. The topological polar surface area (TPSA) is 92.0 Å². The van der Waals surface area contributed by atoms with E-state index in [2.05, 4.69) is 9.97 Å². The van der Waals surface area contributed by atoms with E-state index in [-0.39, 0.29) is 0 Å². The van der Waals surface area contributed by atoms with E-state index in [1.807, 2.05) is 0 Å². The lowest BCUT2D eigenvalue weighted by atomic mass is 10.1. The highest BCUT2D eigenvalue weighted by Crippen LogP contribution is 2.17. The van der Waals surface area contributed by atoms with Crippen molar-refractivity contribution in [1.82, 2.24) is 9.97 Å². The summed E-state index contributed by atoms with van der Waals surface area (Å²) < 4.78 is 0. The van der Waals surface area contributed by atoms with Crippen LogP contribution in [0.3, 0.4) is 0 Å². The molecular weight excluding hydrogens is 182 g/mol. The smallest absolute Gasteiger partial charge is 0.250 e. The Hall–Kier alpha value is -1.88. The second kappa shape index (κ2) is 3.12. The van der Waals surface area contributed by atoms with E-state index in [1.54, 1.807) is 24.5 Å². The largest absolute Gasteiger partial charge is 0.378 e. The highest BCUT2D eigenvalue weighted by atomic mass is 16.3. The van der Waals surface area contributed by atoms with Crippen LogP contribution in [0.25, 0.3) is 11.0 Å². The van der Waals surface area contributed by atoms with Gasteiger partial charge in [-0.05, 0) is 17.7 Å². The Morgan fingerprint density at radius 1 is 1.57 bits per heavy atom. The summed E-state index contributed by atoms with van der Waals surface area (Å²) in [7, 11) is 0. The van der Waals surface area contributed by atoms with Crippen molar-refractivity contribution in [3.05, 3.63) is 30.1 Å². The van der Waals surface area contributed by atoms with E-state index in [1.165, 1.54) is 0 Å². The molecule has 1 atom stereocenters. The number of aromatic amines is 1. The molecule has 0 fully saturated rings. The van der Waals surface area contributed by atoms with Crippen molar-refractivity contribution in [3.8, 4) is 0 Å². The Bertz CT molecular complexity index is 478. The first-order valence-electron chi connectivity index (χ1n) is 4.09. The Labute approximate surface area is 79.6 Å². The second-order valence-electron chi connectivity index (χ2n) is 2.98. The number of carbonyl (C=O) groups is 1. The standard InChI is InChI=1S/C9H9N3O2/c10-9(14)8(13)5-1-2-6-7(3-5)12-4-11-6/h1-4,8,13H,(H2,10,14)(H,11,12). The lowest BCUT2D eigenvalue weighted by Gasteiger charge is -2.05. The molecule has 1 amide bonds. The molecule has 0 spiro atoms. The molecule has 0 aliphatic heterocycles. The summed E-state index contributed by atoms with van der Waals surface area (Å²) in [5.41, 5.74) is 6.99. The van der Waals surface area contributed by atoms with Crippen LogP contribution in [0, 0.1) is 0 Å². The summed E-state index contributed by atoms with van der Waals surface area (Å²) >= 11 is 0. The van der Waals surface area contributed by atoms with Gasteiger partial charge in [-0.15, -0.1) is 0 Å². The molecule has 0 saturated heterocycles. The van der Waals surface area contributed by atoms with Crippen LogP contribution in [0.5, 0.6) is 0 Å². The number of hydrogen-bond acceptors (Lipinski definition) is 3. The van der Waals surface area contributed by atoms with E-state index in [4.69, 9.17) is 5.73 Å². The SMILES string of the molecule is NC(=O)C(O)c1ccc2nc[nH]c2c1. The summed E-state index contributed by atoms with van der Waals surface area (Å²) in [4.78, 5) is 17.6. The summed E-state index contributed by atoms with van der Waals surface area (Å²) in [6, 6.07) is 4.99. The number of imidazole rings is 1. The van der Waals surface area contributed by atoms with Crippen LogP contribution in [0.2, 0.25) is 0 Å². The van der Waals surface area contributed by atoms with Gasteiger partial charge in [0.25, 0.3) is 5.91 Å². The van der Waals surface area contributed by atoms with E-state index >= 15 is 0 Å². The maximum absolute atomic E-state index is 10.7. The maximum atomic E-state index is 10.7. The highest BCUT2D eigenvalue weighted by molar-refractivity contribution is 5.82. The van der Waals surface area contributed by atoms with Gasteiger partial charge in [-0.25, -0.2) is 4.98 Å². The predicted octanol–water partition coefficient (Wildman–Crippen LogP) is 0.0816. The molecule has 2 aromatic rings. The first-order chi connectivity index (χ1) is 6.68. The number of benzene rings is 1. The molecule has 5 nitrogen and oxygen atoms in total. The van der Waals surface area contributed by atoms with Gasteiger partial charge in [0.2, 0.25) is 0 Å². The number of aromatic nitrogens is 2. The van der Waals surface area contributed by atoms with Crippen LogP contribution in [0.1, 0.15) is 11.7 Å².